The molecular weight excluding hydrogens is 278 g/mol. The van der Waals surface area contributed by atoms with Crippen molar-refractivity contribution in [3.8, 4) is 0 Å². The first kappa shape index (κ1) is 16.4. The summed E-state index contributed by atoms with van der Waals surface area (Å²) in [5, 5.41) is 9.75. The topological polar surface area (TPSA) is 66.4 Å². The van der Waals surface area contributed by atoms with Gasteiger partial charge in [0, 0.05) is 0 Å². The van der Waals surface area contributed by atoms with E-state index in [1.165, 1.54) is 4.89 Å². The first-order chi connectivity index (χ1) is 8.43. The van der Waals surface area contributed by atoms with Crippen molar-refractivity contribution in [2.75, 3.05) is 0 Å². The molecule has 6 heteroatoms. The van der Waals surface area contributed by atoms with Gasteiger partial charge in [-0.1, -0.05) is 56.4 Å². The van der Waals surface area contributed by atoms with Crippen LogP contribution in [-0.2, 0) is 10.0 Å². The molecule has 0 atom stereocenters. The molecule has 108 valence electrons. The molecular formula is C13H23NO3SSi. The first-order valence-corrected chi connectivity index (χ1v) is 10.7. The van der Waals surface area contributed by atoms with Crippen LogP contribution in [0.1, 0.15) is 26.3 Å². The van der Waals surface area contributed by atoms with E-state index in [1.54, 1.807) is 12.1 Å². The van der Waals surface area contributed by atoms with Crippen LogP contribution in [-0.4, -0.2) is 21.7 Å². The zero-order chi connectivity index (χ0) is 15.1. The van der Waals surface area contributed by atoms with Gasteiger partial charge in [-0.2, -0.15) is 0 Å². The van der Waals surface area contributed by atoms with Crippen LogP contribution in [0.3, 0.4) is 0 Å². The quantitative estimate of drug-likeness (QED) is 0.665. The lowest BCUT2D eigenvalue weighted by molar-refractivity contribution is 0.242. The largest absolute Gasteiger partial charge is 0.302 e. The molecule has 0 amide bonds. The molecule has 0 spiro atoms. The maximum atomic E-state index is 12.0. The molecule has 0 saturated carbocycles. The average Bonchev–Trinajstić information content (AvgIpc) is 2.27. The van der Waals surface area contributed by atoms with Crippen molar-refractivity contribution in [3.63, 3.8) is 0 Å². The number of sulfonamides is 1. The van der Waals surface area contributed by atoms with Crippen LogP contribution in [0.25, 0.3) is 0 Å². The Labute approximate surface area is 116 Å². The van der Waals surface area contributed by atoms with Gasteiger partial charge in [0.15, 0.2) is 0 Å². The van der Waals surface area contributed by atoms with E-state index in [4.69, 9.17) is 5.21 Å². The van der Waals surface area contributed by atoms with Gasteiger partial charge < -0.3 is 5.21 Å². The van der Waals surface area contributed by atoms with Gasteiger partial charge in [0.2, 0.25) is 0 Å². The molecule has 4 nitrogen and oxygen atoms in total. The van der Waals surface area contributed by atoms with Gasteiger partial charge in [0.25, 0.3) is 10.0 Å². The van der Waals surface area contributed by atoms with Crippen LogP contribution < -0.4 is 10.1 Å². The monoisotopic (exact) mass is 301 g/mol. The van der Waals surface area contributed by atoms with Crippen LogP contribution >= 0.6 is 0 Å². The van der Waals surface area contributed by atoms with Gasteiger partial charge in [-0.05, 0) is 23.2 Å². The van der Waals surface area contributed by atoms with Crippen LogP contribution in [0.2, 0.25) is 18.1 Å². The minimum atomic E-state index is -3.85. The molecule has 0 heterocycles. The summed E-state index contributed by atoms with van der Waals surface area (Å²) in [7, 11) is -5.86. The van der Waals surface area contributed by atoms with Crippen LogP contribution in [0, 0.1) is 6.92 Å². The van der Waals surface area contributed by atoms with Crippen LogP contribution in [0.4, 0.5) is 0 Å². The van der Waals surface area contributed by atoms with Crippen molar-refractivity contribution < 1.29 is 13.6 Å². The highest BCUT2D eigenvalue weighted by Crippen LogP contribution is 2.36. The molecule has 0 aliphatic rings. The Morgan fingerprint density at radius 2 is 1.74 bits per heavy atom. The third-order valence-electron chi connectivity index (χ3n) is 4.09. The van der Waals surface area contributed by atoms with Gasteiger partial charge in [0.1, 0.15) is 0 Å². The Hall–Kier alpha value is -0.693. The first-order valence-electron chi connectivity index (χ1n) is 6.20. The Bertz CT molecular complexity index is 574. The summed E-state index contributed by atoms with van der Waals surface area (Å²) >= 11 is 0. The molecule has 0 unspecified atom stereocenters. The number of rotatable bonds is 3. The van der Waals surface area contributed by atoms with Crippen LogP contribution in [0.5, 0.6) is 0 Å². The van der Waals surface area contributed by atoms with E-state index < -0.39 is 18.1 Å². The number of nitrogens with one attached hydrogen (secondary N) is 1. The van der Waals surface area contributed by atoms with Crippen molar-refractivity contribution >= 4 is 23.3 Å². The molecule has 0 fully saturated rings. The van der Waals surface area contributed by atoms with Crippen molar-refractivity contribution in [2.24, 2.45) is 0 Å². The van der Waals surface area contributed by atoms with Crippen molar-refractivity contribution in [1.29, 1.82) is 0 Å². The van der Waals surface area contributed by atoms with Crippen molar-refractivity contribution in [3.05, 3.63) is 23.8 Å². The maximum absolute atomic E-state index is 12.0. The minimum absolute atomic E-state index is 0.0144. The number of aryl methyl sites for hydroxylation is 1. The fourth-order valence-corrected chi connectivity index (χ4v) is 5.78. The molecule has 1 aromatic carbocycles. The second-order valence-electron chi connectivity index (χ2n) is 6.47. The smallest absolute Gasteiger partial charge is 0.262 e. The van der Waals surface area contributed by atoms with E-state index in [9.17, 15) is 8.42 Å². The zero-order valence-corrected chi connectivity index (χ0v) is 14.2. The van der Waals surface area contributed by atoms with E-state index in [1.807, 2.05) is 13.0 Å². The predicted octanol–water partition coefficient (Wildman–Crippen LogP) is 2.38. The van der Waals surface area contributed by atoms with Crippen molar-refractivity contribution in [2.45, 2.75) is 50.7 Å². The molecule has 0 aliphatic heterocycles. The molecule has 0 aliphatic carbocycles. The minimum Gasteiger partial charge on any atom is -0.302 e. The molecule has 1 rings (SSSR count). The van der Waals surface area contributed by atoms with Gasteiger partial charge in [-0.25, -0.2) is 8.42 Å². The average molecular weight is 301 g/mol. The lowest BCUT2D eigenvalue weighted by atomic mass is 10.2. The van der Waals surface area contributed by atoms with Gasteiger partial charge in [-0.15, -0.1) is 0 Å². The number of benzene rings is 1. The van der Waals surface area contributed by atoms with Gasteiger partial charge in [0.05, 0.1) is 13.0 Å². The summed E-state index contributed by atoms with van der Waals surface area (Å²) in [5.41, 5.74) is 1.02. The summed E-state index contributed by atoms with van der Waals surface area (Å²) in [6.07, 6.45) is 0. The highest BCUT2D eigenvalue weighted by Gasteiger charge is 2.40. The van der Waals surface area contributed by atoms with E-state index in [0.29, 0.717) is 0 Å². The van der Waals surface area contributed by atoms with Gasteiger partial charge in [-0.3, -0.25) is 0 Å². The SMILES string of the molecule is Cc1ccc(S(=O)(=O)NO)c([Si](C)(C)C(C)(C)C)c1. The Kier molecular flexibility index (Phi) is 4.31. The fraction of sp³-hybridized carbons (Fsp3) is 0.538. The lowest BCUT2D eigenvalue weighted by Gasteiger charge is -2.38. The molecule has 0 bridgehead atoms. The molecule has 2 N–H and O–H groups in total. The predicted molar refractivity (Wildman–Crippen MR) is 80.1 cm³/mol. The third kappa shape index (κ3) is 3.08. The maximum Gasteiger partial charge on any atom is 0.262 e. The third-order valence-corrected chi connectivity index (χ3v) is 11.0. The Balaban J connectivity index is 3.65. The van der Waals surface area contributed by atoms with E-state index in [0.717, 1.165) is 10.8 Å². The highest BCUT2D eigenvalue weighted by atomic mass is 32.2. The standard InChI is InChI=1S/C13H23NO3SSi/c1-10-7-8-11(18(16,17)14-15)12(9-10)19(5,6)13(2,3)4/h7-9,14-15H,1-6H3. The second kappa shape index (κ2) is 5.01. The molecule has 19 heavy (non-hydrogen) atoms. The molecule has 0 aromatic heterocycles. The summed E-state index contributed by atoms with van der Waals surface area (Å²) in [4.78, 5) is 1.62. The van der Waals surface area contributed by atoms with Crippen molar-refractivity contribution in [1.82, 2.24) is 4.89 Å². The Morgan fingerprint density at radius 3 is 2.16 bits per heavy atom. The second-order valence-corrected chi connectivity index (χ2v) is 13.4. The molecule has 0 saturated heterocycles. The molecule has 0 radical (unpaired) electrons. The summed E-state index contributed by atoms with van der Waals surface area (Å²) < 4.78 is 23.9. The number of hydrogen-bond donors (Lipinski definition) is 2. The molecule has 1 aromatic rings. The Morgan fingerprint density at radius 1 is 1.21 bits per heavy atom. The lowest BCUT2D eigenvalue weighted by Crippen LogP contribution is -2.52. The summed E-state index contributed by atoms with van der Waals surface area (Å²) in [6.45, 7) is 12.6. The van der Waals surface area contributed by atoms with E-state index >= 15 is 0 Å². The summed E-state index contributed by atoms with van der Waals surface area (Å²) in [6, 6.07) is 5.26. The van der Waals surface area contributed by atoms with E-state index in [-0.39, 0.29) is 9.93 Å². The van der Waals surface area contributed by atoms with Crippen LogP contribution in [0.15, 0.2) is 23.1 Å². The highest BCUT2D eigenvalue weighted by molar-refractivity contribution is 7.89. The number of hydrogen-bond acceptors (Lipinski definition) is 3. The van der Waals surface area contributed by atoms with E-state index in [2.05, 4.69) is 33.9 Å². The van der Waals surface area contributed by atoms with Gasteiger partial charge >= 0.3 is 0 Å². The zero-order valence-electron chi connectivity index (χ0n) is 12.4. The fourth-order valence-electron chi connectivity index (χ4n) is 1.82. The normalized spacial score (nSPS) is 13.6. The summed E-state index contributed by atoms with van der Waals surface area (Å²) in [5.74, 6) is 0.